The number of anilines is 1. The highest BCUT2D eigenvalue weighted by atomic mass is 35.5. The lowest BCUT2D eigenvalue weighted by atomic mass is 10.2. The molecule has 0 amide bonds. The number of hydrogen-bond donors (Lipinski definition) is 2. The number of nitrogens with zero attached hydrogens (tertiary/aromatic N) is 2. The molecule has 138 valence electrons. The van der Waals surface area contributed by atoms with Gasteiger partial charge in [-0.15, -0.1) is 0 Å². The first-order valence-corrected chi connectivity index (χ1v) is 8.42. The minimum Gasteiger partial charge on any atom is -0.493 e. The van der Waals surface area contributed by atoms with Gasteiger partial charge in [0.25, 0.3) is 5.56 Å². The van der Waals surface area contributed by atoms with Gasteiger partial charge in [0.2, 0.25) is 0 Å². The summed E-state index contributed by atoms with van der Waals surface area (Å²) >= 11 is 5.88. The van der Waals surface area contributed by atoms with E-state index < -0.39 is 5.56 Å². The van der Waals surface area contributed by atoms with Gasteiger partial charge in [0.1, 0.15) is 17.3 Å². The quantitative estimate of drug-likeness (QED) is 0.481. The highest BCUT2D eigenvalue weighted by Crippen LogP contribution is 2.28. The van der Waals surface area contributed by atoms with E-state index >= 15 is 0 Å². The third-order valence-corrected chi connectivity index (χ3v) is 3.99. The first-order valence-electron chi connectivity index (χ1n) is 8.04. The summed E-state index contributed by atoms with van der Waals surface area (Å²) in [6.45, 7) is 0.421. The fraction of sp³-hybridized carbons (Fsp3) is 0.105. The molecule has 0 aliphatic carbocycles. The highest BCUT2D eigenvalue weighted by Gasteiger charge is 2.06. The molecule has 7 nitrogen and oxygen atoms in total. The second kappa shape index (κ2) is 8.86. The van der Waals surface area contributed by atoms with Crippen molar-refractivity contribution >= 4 is 23.5 Å². The summed E-state index contributed by atoms with van der Waals surface area (Å²) in [4.78, 5) is 11.4. The Morgan fingerprint density at radius 1 is 1.22 bits per heavy atom. The van der Waals surface area contributed by atoms with E-state index in [9.17, 15) is 4.79 Å². The highest BCUT2D eigenvalue weighted by molar-refractivity contribution is 6.32. The van der Waals surface area contributed by atoms with Gasteiger partial charge in [-0.1, -0.05) is 41.9 Å². The van der Waals surface area contributed by atoms with Crippen molar-refractivity contribution in [2.24, 2.45) is 5.10 Å². The monoisotopic (exact) mass is 384 g/mol. The summed E-state index contributed by atoms with van der Waals surface area (Å²) < 4.78 is 11.2. The third kappa shape index (κ3) is 4.86. The van der Waals surface area contributed by atoms with Crippen LogP contribution in [0.5, 0.6) is 11.5 Å². The minimum atomic E-state index is -0.488. The van der Waals surface area contributed by atoms with Crippen molar-refractivity contribution in [2.45, 2.75) is 6.61 Å². The Morgan fingerprint density at radius 2 is 2.04 bits per heavy atom. The number of hydrogen-bond acceptors (Lipinski definition) is 6. The Hall–Kier alpha value is -3.32. The van der Waals surface area contributed by atoms with Crippen LogP contribution in [0.2, 0.25) is 5.02 Å². The lowest BCUT2D eigenvalue weighted by Crippen LogP contribution is -2.10. The number of ether oxygens (including phenoxy) is 2. The molecule has 0 saturated heterocycles. The van der Waals surface area contributed by atoms with Crippen LogP contribution in [-0.4, -0.2) is 23.5 Å². The summed E-state index contributed by atoms with van der Waals surface area (Å²) in [7, 11) is 1.59. The summed E-state index contributed by atoms with van der Waals surface area (Å²) in [6.07, 6.45) is 2.95. The van der Waals surface area contributed by atoms with E-state index in [2.05, 4.69) is 20.7 Å². The predicted octanol–water partition coefficient (Wildman–Crippen LogP) is 3.46. The fourth-order valence-electron chi connectivity index (χ4n) is 2.26. The maximum Gasteiger partial charge on any atom is 0.285 e. The number of aromatic amines is 1. The molecule has 2 aromatic carbocycles. The number of aromatic nitrogens is 2. The van der Waals surface area contributed by atoms with Crippen molar-refractivity contribution in [3.8, 4) is 11.5 Å². The molecule has 1 aromatic heterocycles. The lowest BCUT2D eigenvalue weighted by Gasteiger charge is -2.11. The molecule has 1 heterocycles. The number of H-pyrrole nitrogens is 1. The van der Waals surface area contributed by atoms with E-state index in [1.165, 1.54) is 6.20 Å². The number of nitrogens with one attached hydrogen (secondary N) is 2. The maximum absolute atomic E-state index is 11.4. The molecule has 0 aliphatic heterocycles. The zero-order valence-electron chi connectivity index (χ0n) is 14.5. The molecule has 0 atom stereocenters. The van der Waals surface area contributed by atoms with Crippen molar-refractivity contribution in [1.82, 2.24) is 10.2 Å². The molecular formula is C19H17ClN4O3. The number of benzene rings is 2. The summed E-state index contributed by atoms with van der Waals surface area (Å²) in [5.74, 6) is 1.22. The molecule has 0 saturated carbocycles. The Bertz CT molecular complexity index is 990. The van der Waals surface area contributed by atoms with Crippen LogP contribution in [0.25, 0.3) is 0 Å². The molecule has 0 spiro atoms. The van der Waals surface area contributed by atoms with Gasteiger partial charge in [0, 0.05) is 0 Å². The predicted molar refractivity (Wildman–Crippen MR) is 105 cm³/mol. The Kier molecular flexibility index (Phi) is 6.06. The number of methoxy groups -OCH3 is 1. The number of rotatable bonds is 7. The molecular weight excluding hydrogens is 368 g/mol. The van der Waals surface area contributed by atoms with Gasteiger partial charge in [-0.3, -0.25) is 10.2 Å². The molecule has 0 aliphatic rings. The van der Waals surface area contributed by atoms with Gasteiger partial charge in [0.05, 0.1) is 19.5 Å². The van der Waals surface area contributed by atoms with E-state index in [0.717, 1.165) is 11.1 Å². The van der Waals surface area contributed by atoms with Crippen LogP contribution < -0.4 is 20.5 Å². The molecule has 8 heteroatoms. The van der Waals surface area contributed by atoms with Gasteiger partial charge in [-0.05, 0) is 29.3 Å². The average molecular weight is 385 g/mol. The molecule has 0 fully saturated rings. The summed E-state index contributed by atoms with van der Waals surface area (Å²) in [5.41, 5.74) is 4.34. The standard InChI is InChI=1S/C19H17ClN4O3/c1-26-16-8-7-14(9-17(16)27-12-13-5-3-2-4-6-13)10-21-23-15-11-22-24-19(25)18(15)20/h2-11H,12H2,1H3,(H2,23,24,25)/b21-10+. The van der Waals surface area contributed by atoms with Crippen LogP contribution in [0.15, 0.2) is 64.6 Å². The van der Waals surface area contributed by atoms with Crippen molar-refractivity contribution in [3.63, 3.8) is 0 Å². The van der Waals surface area contributed by atoms with Gasteiger partial charge in [0.15, 0.2) is 11.5 Å². The molecule has 3 rings (SSSR count). The van der Waals surface area contributed by atoms with Crippen LogP contribution in [0, 0.1) is 0 Å². The SMILES string of the molecule is COc1ccc(/C=N/Nc2cn[nH]c(=O)c2Cl)cc1OCc1ccccc1. The van der Waals surface area contributed by atoms with Crippen LogP contribution in [0.3, 0.4) is 0 Å². The Morgan fingerprint density at radius 3 is 2.81 bits per heavy atom. The van der Waals surface area contributed by atoms with Crippen molar-refractivity contribution in [1.29, 1.82) is 0 Å². The molecule has 27 heavy (non-hydrogen) atoms. The van der Waals surface area contributed by atoms with E-state index in [-0.39, 0.29) is 5.02 Å². The van der Waals surface area contributed by atoms with Crippen LogP contribution in [-0.2, 0) is 6.61 Å². The second-order valence-corrected chi connectivity index (χ2v) is 5.86. The zero-order chi connectivity index (χ0) is 19.1. The third-order valence-electron chi connectivity index (χ3n) is 3.62. The number of hydrazone groups is 1. The zero-order valence-corrected chi connectivity index (χ0v) is 15.2. The fourth-order valence-corrected chi connectivity index (χ4v) is 2.39. The van der Waals surface area contributed by atoms with E-state index in [0.29, 0.717) is 23.8 Å². The minimum absolute atomic E-state index is 0.0104. The van der Waals surface area contributed by atoms with Crippen molar-refractivity contribution in [3.05, 3.63) is 81.2 Å². The van der Waals surface area contributed by atoms with Crippen LogP contribution in [0.1, 0.15) is 11.1 Å². The number of halogens is 1. The Labute approximate surface area is 160 Å². The largest absolute Gasteiger partial charge is 0.493 e. The van der Waals surface area contributed by atoms with Gasteiger partial charge in [-0.25, -0.2) is 5.10 Å². The Balaban J connectivity index is 1.72. The molecule has 0 unspecified atom stereocenters. The second-order valence-electron chi connectivity index (χ2n) is 5.48. The molecule has 2 N–H and O–H groups in total. The van der Waals surface area contributed by atoms with E-state index in [4.69, 9.17) is 21.1 Å². The van der Waals surface area contributed by atoms with Crippen molar-refractivity contribution in [2.75, 3.05) is 12.5 Å². The van der Waals surface area contributed by atoms with Crippen LogP contribution in [0.4, 0.5) is 5.69 Å². The summed E-state index contributed by atoms with van der Waals surface area (Å²) in [5, 5.41) is 9.97. The van der Waals surface area contributed by atoms with Gasteiger partial charge in [-0.2, -0.15) is 10.2 Å². The van der Waals surface area contributed by atoms with Gasteiger partial charge < -0.3 is 9.47 Å². The molecule has 3 aromatic rings. The van der Waals surface area contributed by atoms with E-state index in [1.807, 2.05) is 42.5 Å². The van der Waals surface area contributed by atoms with Crippen molar-refractivity contribution < 1.29 is 9.47 Å². The molecule has 0 bridgehead atoms. The first kappa shape index (κ1) is 18.5. The van der Waals surface area contributed by atoms with E-state index in [1.54, 1.807) is 19.4 Å². The lowest BCUT2D eigenvalue weighted by molar-refractivity contribution is 0.284. The normalized spacial score (nSPS) is 10.7. The maximum atomic E-state index is 11.4. The first-order chi connectivity index (χ1) is 13.2. The average Bonchev–Trinajstić information content (AvgIpc) is 2.70. The van der Waals surface area contributed by atoms with Gasteiger partial charge >= 0.3 is 0 Å². The smallest absolute Gasteiger partial charge is 0.285 e. The van der Waals surface area contributed by atoms with Crippen LogP contribution >= 0.6 is 11.6 Å². The topological polar surface area (TPSA) is 88.6 Å². The molecule has 0 radical (unpaired) electrons. The summed E-state index contributed by atoms with van der Waals surface area (Å²) in [6, 6.07) is 15.3.